The van der Waals surface area contributed by atoms with Gasteiger partial charge in [-0.15, -0.1) is 0 Å². The van der Waals surface area contributed by atoms with E-state index in [2.05, 4.69) is 5.32 Å². The third-order valence-corrected chi connectivity index (χ3v) is 2.72. The first-order chi connectivity index (χ1) is 9.58. The molecule has 0 fully saturated rings. The average Bonchev–Trinajstić information content (AvgIpc) is 2.46. The van der Waals surface area contributed by atoms with Crippen LogP contribution in [0.2, 0.25) is 0 Å². The Morgan fingerprint density at radius 1 is 1.05 bits per heavy atom. The number of amides is 2. The standard InChI is InChI=1S/C15H13FN2O2/c1-18(13-8-3-2-4-9-13)15(20)14(19)17-12-7-5-6-11(16)10-12/h2-10H,1H3,(H,17,19). The van der Waals surface area contributed by atoms with Gasteiger partial charge in [0, 0.05) is 18.4 Å². The quantitative estimate of drug-likeness (QED) is 0.854. The van der Waals surface area contributed by atoms with Crippen LogP contribution in [0.25, 0.3) is 0 Å². The van der Waals surface area contributed by atoms with Gasteiger partial charge in [-0.25, -0.2) is 4.39 Å². The minimum Gasteiger partial charge on any atom is -0.318 e. The number of nitrogens with zero attached hydrogens (tertiary/aromatic N) is 1. The third kappa shape index (κ3) is 3.20. The number of nitrogens with one attached hydrogen (secondary N) is 1. The van der Waals surface area contributed by atoms with Gasteiger partial charge in [-0.1, -0.05) is 24.3 Å². The smallest absolute Gasteiger partial charge is 0.316 e. The van der Waals surface area contributed by atoms with E-state index in [-0.39, 0.29) is 5.69 Å². The molecule has 102 valence electrons. The molecule has 0 saturated carbocycles. The molecule has 0 aliphatic heterocycles. The first-order valence-electron chi connectivity index (χ1n) is 5.97. The Bertz CT molecular complexity index is 629. The van der Waals surface area contributed by atoms with Crippen LogP contribution in [0.4, 0.5) is 15.8 Å². The zero-order chi connectivity index (χ0) is 14.5. The van der Waals surface area contributed by atoms with E-state index in [9.17, 15) is 14.0 Å². The van der Waals surface area contributed by atoms with Gasteiger partial charge in [-0.2, -0.15) is 0 Å². The van der Waals surface area contributed by atoms with Crippen molar-refractivity contribution in [2.75, 3.05) is 17.3 Å². The second kappa shape index (κ2) is 5.97. The van der Waals surface area contributed by atoms with Crippen LogP contribution >= 0.6 is 0 Å². The molecule has 4 nitrogen and oxygen atoms in total. The number of hydrogen-bond donors (Lipinski definition) is 1. The summed E-state index contributed by atoms with van der Waals surface area (Å²) < 4.78 is 13.0. The van der Waals surface area contributed by atoms with E-state index in [0.29, 0.717) is 5.69 Å². The lowest BCUT2D eigenvalue weighted by atomic mass is 10.3. The molecular formula is C15H13FN2O2. The van der Waals surface area contributed by atoms with Crippen molar-refractivity contribution >= 4 is 23.2 Å². The van der Waals surface area contributed by atoms with Gasteiger partial charge in [0.15, 0.2) is 0 Å². The molecule has 0 aliphatic carbocycles. The fraction of sp³-hybridized carbons (Fsp3) is 0.0667. The number of likely N-dealkylation sites (N-methyl/N-ethyl adjacent to an activating group) is 1. The van der Waals surface area contributed by atoms with Crippen molar-refractivity contribution in [3.63, 3.8) is 0 Å². The minimum absolute atomic E-state index is 0.241. The van der Waals surface area contributed by atoms with Crippen molar-refractivity contribution in [2.24, 2.45) is 0 Å². The van der Waals surface area contributed by atoms with Crippen LogP contribution in [-0.4, -0.2) is 18.9 Å². The van der Waals surface area contributed by atoms with Crippen LogP contribution in [-0.2, 0) is 9.59 Å². The van der Waals surface area contributed by atoms with E-state index in [1.807, 2.05) is 6.07 Å². The van der Waals surface area contributed by atoms with Gasteiger partial charge >= 0.3 is 11.8 Å². The Morgan fingerprint density at radius 2 is 1.75 bits per heavy atom. The van der Waals surface area contributed by atoms with E-state index in [1.165, 1.54) is 30.1 Å². The second-order valence-corrected chi connectivity index (χ2v) is 4.16. The second-order valence-electron chi connectivity index (χ2n) is 4.16. The summed E-state index contributed by atoms with van der Waals surface area (Å²) in [6.45, 7) is 0. The highest BCUT2D eigenvalue weighted by Crippen LogP contribution is 2.13. The molecule has 2 aromatic rings. The van der Waals surface area contributed by atoms with E-state index >= 15 is 0 Å². The van der Waals surface area contributed by atoms with E-state index in [4.69, 9.17) is 0 Å². The van der Waals surface area contributed by atoms with Crippen LogP contribution in [0, 0.1) is 5.82 Å². The molecule has 2 rings (SSSR count). The molecule has 0 aliphatic rings. The van der Waals surface area contributed by atoms with Crippen LogP contribution in [0.1, 0.15) is 0 Å². The number of carbonyl (C=O) groups excluding carboxylic acids is 2. The fourth-order valence-corrected chi connectivity index (χ4v) is 1.67. The number of para-hydroxylation sites is 1. The maximum absolute atomic E-state index is 13.0. The summed E-state index contributed by atoms with van der Waals surface area (Å²) in [6, 6.07) is 14.1. The molecule has 0 heterocycles. The number of carbonyl (C=O) groups is 2. The molecule has 2 aromatic carbocycles. The molecule has 0 bridgehead atoms. The number of halogens is 1. The molecule has 0 aromatic heterocycles. The van der Waals surface area contributed by atoms with Gasteiger partial charge in [-0.05, 0) is 30.3 Å². The van der Waals surface area contributed by atoms with Gasteiger partial charge in [-0.3, -0.25) is 9.59 Å². The number of benzene rings is 2. The molecule has 20 heavy (non-hydrogen) atoms. The highest BCUT2D eigenvalue weighted by Gasteiger charge is 2.19. The first kappa shape index (κ1) is 13.7. The lowest BCUT2D eigenvalue weighted by Crippen LogP contribution is -2.37. The van der Waals surface area contributed by atoms with Crippen LogP contribution in [0.5, 0.6) is 0 Å². The lowest BCUT2D eigenvalue weighted by molar-refractivity contribution is -0.134. The van der Waals surface area contributed by atoms with E-state index in [1.54, 1.807) is 24.3 Å². The van der Waals surface area contributed by atoms with Gasteiger partial charge in [0.1, 0.15) is 5.82 Å². The average molecular weight is 272 g/mol. The van der Waals surface area contributed by atoms with Crippen molar-refractivity contribution in [3.05, 3.63) is 60.4 Å². The predicted octanol–water partition coefficient (Wildman–Crippen LogP) is 2.43. The topological polar surface area (TPSA) is 49.4 Å². The van der Waals surface area contributed by atoms with E-state index in [0.717, 1.165) is 6.07 Å². The summed E-state index contributed by atoms with van der Waals surface area (Å²) in [5.74, 6) is -2.02. The normalized spacial score (nSPS) is 9.90. The highest BCUT2D eigenvalue weighted by atomic mass is 19.1. The summed E-state index contributed by atoms with van der Waals surface area (Å²) in [5, 5.41) is 2.36. The van der Waals surface area contributed by atoms with Crippen molar-refractivity contribution in [2.45, 2.75) is 0 Å². The number of hydrogen-bond acceptors (Lipinski definition) is 2. The van der Waals surface area contributed by atoms with Crippen LogP contribution in [0.3, 0.4) is 0 Å². The monoisotopic (exact) mass is 272 g/mol. The van der Waals surface area contributed by atoms with Crippen molar-refractivity contribution in [1.82, 2.24) is 0 Å². The van der Waals surface area contributed by atoms with Gasteiger partial charge in [0.05, 0.1) is 0 Å². The third-order valence-electron chi connectivity index (χ3n) is 2.72. The lowest BCUT2D eigenvalue weighted by Gasteiger charge is -2.16. The maximum Gasteiger partial charge on any atom is 0.316 e. The summed E-state index contributed by atoms with van der Waals surface area (Å²) in [4.78, 5) is 25.0. The van der Waals surface area contributed by atoms with Gasteiger partial charge in [0.2, 0.25) is 0 Å². The molecule has 0 radical (unpaired) electrons. The molecule has 0 atom stereocenters. The largest absolute Gasteiger partial charge is 0.318 e. The molecule has 2 amide bonds. The van der Waals surface area contributed by atoms with Gasteiger partial charge < -0.3 is 10.2 Å². The van der Waals surface area contributed by atoms with Crippen molar-refractivity contribution in [3.8, 4) is 0 Å². The fourth-order valence-electron chi connectivity index (χ4n) is 1.67. The molecular weight excluding hydrogens is 259 g/mol. The Morgan fingerprint density at radius 3 is 2.40 bits per heavy atom. The summed E-state index contributed by atoms with van der Waals surface area (Å²) in [5.41, 5.74) is 0.844. The molecule has 0 unspecified atom stereocenters. The Labute approximate surface area is 115 Å². The molecule has 1 N–H and O–H groups in total. The number of anilines is 2. The summed E-state index contributed by atoms with van der Waals surface area (Å²) >= 11 is 0. The maximum atomic E-state index is 13.0. The predicted molar refractivity (Wildman–Crippen MR) is 74.9 cm³/mol. The Hall–Kier alpha value is -2.69. The first-order valence-corrected chi connectivity index (χ1v) is 5.97. The zero-order valence-electron chi connectivity index (χ0n) is 10.8. The SMILES string of the molecule is CN(C(=O)C(=O)Nc1cccc(F)c1)c1ccccc1. The highest BCUT2D eigenvalue weighted by molar-refractivity contribution is 6.44. The van der Waals surface area contributed by atoms with E-state index < -0.39 is 17.6 Å². The zero-order valence-corrected chi connectivity index (χ0v) is 10.8. The Balaban J connectivity index is 2.08. The van der Waals surface area contributed by atoms with Gasteiger partial charge in [0.25, 0.3) is 0 Å². The summed E-state index contributed by atoms with van der Waals surface area (Å²) in [7, 11) is 1.50. The molecule has 0 spiro atoms. The molecule has 5 heteroatoms. The Kier molecular flexibility index (Phi) is 4.10. The van der Waals surface area contributed by atoms with Crippen molar-refractivity contribution < 1.29 is 14.0 Å². The van der Waals surface area contributed by atoms with Crippen molar-refractivity contribution in [1.29, 1.82) is 0 Å². The van der Waals surface area contributed by atoms with Crippen LogP contribution < -0.4 is 10.2 Å². The molecule has 0 saturated heterocycles. The summed E-state index contributed by atoms with van der Waals surface area (Å²) in [6.07, 6.45) is 0. The van der Waals surface area contributed by atoms with Crippen LogP contribution in [0.15, 0.2) is 54.6 Å². The number of rotatable bonds is 2. The minimum atomic E-state index is -0.818.